The lowest BCUT2D eigenvalue weighted by atomic mass is 10.0. The molecular formula is C20H28N4OS. The minimum atomic E-state index is 0.0837. The first kappa shape index (κ1) is 18.9. The summed E-state index contributed by atoms with van der Waals surface area (Å²) >= 11 is 1.75. The van der Waals surface area contributed by atoms with E-state index in [1.807, 2.05) is 6.20 Å². The number of benzene rings is 1. The van der Waals surface area contributed by atoms with E-state index < -0.39 is 0 Å². The molecule has 6 heteroatoms. The number of rotatable bonds is 5. The van der Waals surface area contributed by atoms with Gasteiger partial charge < -0.3 is 15.0 Å². The number of ether oxygens (including phenoxy) is 1. The number of morpholine rings is 1. The molecule has 1 unspecified atom stereocenters. The molecule has 1 N–H and O–H groups in total. The maximum Gasteiger partial charge on any atom is 0.194 e. The van der Waals surface area contributed by atoms with E-state index in [0.717, 1.165) is 37.0 Å². The first-order chi connectivity index (χ1) is 12.7. The van der Waals surface area contributed by atoms with Crippen LogP contribution in [0.2, 0.25) is 0 Å². The van der Waals surface area contributed by atoms with Gasteiger partial charge in [0.05, 0.1) is 19.7 Å². The number of hydrogen-bond acceptors (Lipinski definition) is 4. The van der Waals surface area contributed by atoms with Gasteiger partial charge in [0.15, 0.2) is 5.96 Å². The zero-order valence-corrected chi connectivity index (χ0v) is 16.7. The number of aliphatic imine (C=N–C) groups is 1. The molecule has 1 aliphatic rings. The molecule has 5 nitrogen and oxygen atoms in total. The van der Waals surface area contributed by atoms with E-state index in [1.54, 1.807) is 11.3 Å². The Bertz CT molecular complexity index is 743. The molecule has 1 atom stereocenters. The molecule has 0 bridgehead atoms. The van der Waals surface area contributed by atoms with Crippen LogP contribution in [0.25, 0.3) is 0 Å². The van der Waals surface area contributed by atoms with Gasteiger partial charge in [-0.25, -0.2) is 9.98 Å². The van der Waals surface area contributed by atoms with Gasteiger partial charge in [0.2, 0.25) is 0 Å². The van der Waals surface area contributed by atoms with E-state index in [-0.39, 0.29) is 6.10 Å². The van der Waals surface area contributed by atoms with Gasteiger partial charge in [0.25, 0.3) is 0 Å². The molecule has 1 aliphatic heterocycles. The van der Waals surface area contributed by atoms with Crippen LogP contribution in [-0.4, -0.2) is 42.1 Å². The largest absolute Gasteiger partial charge is 0.370 e. The van der Waals surface area contributed by atoms with Crippen molar-refractivity contribution in [2.75, 3.05) is 26.2 Å². The summed E-state index contributed by atoms with van der Waals surface area (Å²) < 4.78 is 6.05. The predicted molar refractivity (Wildman–Crippen MR) is 108 cm³/mol. The van der Waals surface area contributed by atoms with E-state index >= 15 is 0 Å². The lowest BCUT2D eigenvalue weighted by Crippen LogP contribution is -2.48. The Morgan fingerprint density at radius 1 is 1.38 bits per heavy atom. The monoisotopic (exact) mass is 372 g/mol. The predicted octanol–water partition coefficient (Wildman–Crippen LogP) is 3.55. The molecular weight excluding hydrogens is 344 g/mol. The topological polar surface area (TPSA) is 49.8 Å². The molecule has 0 amide bonds. The Morgan fingerprint density at radius 3 is 2.96 bits per heavy atom. The SMILES string of the molecule is CCNC(=NCc1ncc(CC)s1)N1CCOC(c2ccccc2C)C1. The first-order valence-electron chi connectivity index (χ1n) is 9.35. The minimum absolute atomic E-state index is 0.0837. The lowest BCUT2D eigenvalue weighted by Gasteiger charge is -2.35. The van der Waals surface area contributed by atoms with Crippen molar-refractivity contribution >= 4 is 17.3 Å². The van der Waals surface area contributed by atoms with Crippen LogP contribution in [0.15, 0.2) is 35.5 Å². The second kappa shape index (κ2) is 9.14. The van der Waals surface area contributed by atoms with Crippen LogP contribution >= 0.6 is 11.3 Å². The molecule has 2 aromatic rings. The Labute approximate surface area is 160 Å². The summed E-state index contributed by atoms with van der Waals surface area (Å²) in [5, 5.41) is 4.50. The van der Waals surface area contributed by atoms with Gasteiger partial charge >= 0.3 is 0 Å². The summed E-state index contributed by atoms with van der Waals surface area (Å²) in [6, 6.07) is 8.46. The van der Waals surface area contributed by atoms with Crippen molar-refractivity contribution in [1.29, 1.82) is 0 Å². The average molecular weight is 373 g/mol. The third kappa shape index (κ3) is 4.62. The molecule has 2 heterocycles. The summed E-state index contributed by atoms with van der Waals surface area (Å²) in [5.74, 6) is 0.947. The number of aromatic nitrogens is 1. The van der Waals surface area contributed by atoms with Gasteiger partial charge in [-0.1, -0.05) is 31.2 Å². The fourth-order valence-electron chi connectivity index (χ4n) is 3.13. The first-order valence-corrected chi connectivity index (χ1v) is 10.2. The molecule has 3 rings (SSSR count). The Morgan fingerprint density at radius 2 is 2.23 bits per heavy atom. The fourth-order valence-corrected chi connectivity index (χ4v) is 3.92. The number of nitrogens with zero attached hydrogens (tertiary/aromatic N) is 3. The molecule has 1 aromatic heterocycles. The number of nitrogens with one attached hydrogen (secondary N) is 1. The van der Waals surface area contributed by atoms with Crippen LogP contribution in [0.1, 0.15) is 41.0 Å². The lowest BCUT2D eigenvalue weighted by molar-refractivity contribution is -0.00834. The Hall–Kier alpha value is -1.92. The molecule has 1 fully saturated rings. The number of aryl methyl sites for hydroxylation is 2. The van der Waals surface area contributed by atoms with Crippen molar-refractivity contribution in [3.63, 3.8) is 0 Å². The highest BCUT2D eigenvalue weighted by atomic mass is 32.1. The van der Waals surface area contributed by atoms with Gasteiger partial charge in [-0.05, 0) is 31.4 Å². The Kier molecular flexibility index (Phi) is 6.63. The zero-order chi connectivity index (χ0) is 18.4. The highest BCUT2D eigenvalue weighted by Gasteiger charge is 2.25. The summed E-state index contributed by atoms with van der Waals surface area (Å²) in [7, 11) is 0. The van der Waals surface area contributed by atoms with E-state index in [9.17, 15) is 0 Å². The maximum atomic E-state index is 6.05. The minimum Gasteiger partial charge on any atom is -0.370 e. The fraction of sp³-hybridized carbons (Fsp3) is 0.500. The zero-order valence-electron chi connectivity index (χ0n) is 15.9. The normalized spacial score (nSPS) is 18.2. The molecule has 0 spiro atoms. The van der Waals surface area contributed by atoms with Gasteiger partial charge in [0.1, 0.15) is 11.1 Å². The van der Waals surface area contributed by atoms with Crippen LogP contribution in [0.5, 0.6) is 0 Å². The number of hydrogen-bond donors (Lipinski definition) is 1. The van der Waals surface area contributed by atoms with Crippen LogP contribution in [0, 0.1) is 6.92 Å². The standard InChI is InChI=1S/C20H28N4OS/c1-4-16-12-22-19(26-16)13-23-20(21-5-2)24-10-11-25-18(14-24)17-9-7-6-8-15(17)3/h6-9,12,18H,4-5,10-11,13-14H2,1-3H3,(H,21,23). The number of thiazole rings is 1. The molecule has 0 radical (unpaired) electrons. The third-order valence-corrected chi connectivity index (χ3v) is 5.68. The van der Waals surface area contributed by atoms with Crippen molar-refractivity contribution in [3.05, 3.63) is 51.5 Å². The molecule has 1 aromatic carbocycles. The van der Waals surface area contributed by atoms with Crippen LogP contribution in [-0.2, 0) is 17.7 Å². The molecule has 0 aliphatic carbocycles. The summed E-state index contributed by atoms with van der Waals surface area (Å²) in [5.41, 5.74) is 2.54. The molecule has 26 heavy (non-hydrogen) atoms. The second-order valence-corrected chi connectivity index (χ2v) is 7.61. The maximum absolute atomic E-state index is 6.05. The van der Waals surface area contributed by atoms with Crippen molar-refractivity contribution in [2.45, 2.75) is 39.8 Å². The van der Waals surface area contributed by atoms with E-state index in [4.69, 9.17) is 9.73 Å². The van der Waals surface area contributed by atoms with Gasteiger partial charge in [-0.3, -0.25) is 0 Å². The van der Waals surface area contributed by atoms with Crippen LogP contribution in [0.3, 0.4) is 0 Å². The third-order valence-electron chi connectivity index (χ3n) is 4.55. The number of guanidine groups is 1. The van der Waals surface area contributed by atoms with Gasteiger partial charge in [0, 0.05) is 24.2 Å². The summed E-state index contributed by atoms with van der Waals surface area (Å²) in [6.07, 6.45) is 3.08. The average Bonchev–Trinajstić information content (AvgIpc) is 3.14. The van der Waals surface area contributed by atoms with Crippen LogP contribution in [0.4, 0.5) is 0 Å². The highest BCUT2D eigenvalue weighted by molar-refractivity contribution is 7.11. The van der Waals surface area contributed by atoms with Gasteiger partial charge in [-0.15, -0.1) is 11.3 Å². The second-order valence-electron chi connectivity index (χ2n) is 6.41. The molecule has 140 valence electrons. The van der Waals surface area contributed by atoms with Crippen LogP contribution < -0.4 is 5.32 Å². The van der Waals surface area contributed by atoms with E-state index in [0.29, 0.717) is 13.2 Å². The van der Waals surface area contributed by atoms with Crippen molar-refractivity contribution < 1.29 is 4.74 Å². The highest BCUT2D eigenvalue weighted by Crippen LogP contribution is 2.25. The summed E-state index contributed by atoms with van der Waals surface area (Å²) in [4.78, 5) is 12.9. The summed E-state index contributed by atoms with van der Waals surface area (Å²) in [6.45, 7) is 10.3. The van der Waals surface area contributed by atoms with E-state index in [2.05, 4.69) is 60.2 Å². The van der Waals surface area contributed by atoms with Crippen molar-refractivity contribution in [3.8, 4) is 0 Å². The smallest absolute Gasteiger partial charge is 0.194 e. The Balaban J connectivity index is 1.72. The van der Waals surface area contributed by atoms with Crippen molar-refractivity contribution in [2.24, 2.45) is 4.99 Å². The van der Waals surface area contributed by atoms with Crippen molar-refractivity contribution in [1.82, 2.24) is 15.2 Å². The molecule has 0 saturated carbocycles. The van der Waals surface area contributed by atoms with Gasteiger partial charge in [-0.2, -0.15) is 0 Å². The quantitative estimate of drug-likeness (QED) is 0.644. The molecule has 1 saturated heterocycles. The van der Waals surface area contributed by atoms with E-state index in [1.165, 1.54) is 16.0 Å².